The molecule has 0 saturated carbocycles. The molecular formula is C11H16N2O5S. The second kappa shape index (κ2) is 6.48. The maximum Gasteiger partial charge on any atom is 0.264 e. The lowest BCUT2D eigenvalue weighted by molar-refractivity contribution is 0.473. The van der Waals surface area contributed by atoms with Crippen molar-refractivity contribution in [3.8, 4) is 5.75 Å². The van der Waals surface area contributed by atoms with Gasteiger partial charge in [-0.1, -0.05) is 0 Å². The van der Waals surface area contributed by atoms with Gasteiger partial charge in [-0.15, -0.1) is 4.91 Å². The number of hydrogen-bond acceptors (Lipinski definition) is 6. The molecule has 1 rings (SSSR count). The molecule has 1 aromatic carbocycles. The van der Waals surface area contributed by atoms with Gasteiger partial charge in [0, 0.05) is 19.2 Å². The summed E-state index contributed by atoms with van der Waals surface area (Å²) in [6.07, 6.45) is 0.236. The molecule has 7 nitrogen and oxygen atoms in total. The molecular weight excluding hydrogens is 272 g/mol. The first kappa shape index (κ1) is 15.4. The van der Waals surface area contributed by atoms with Crippen molar-refractivity contribution in [1.29, 1.82) is 0 Å². The summed E-state index contributed by atoms with van der Waals surface area (Å²) in [7, 11) is -3.98. The molecule has 0 radical (unpaired) electrons. The molecule has 0 heterocycles. The van der Waals surface area contributed by atoms with Crippen LogP contribution in [0.15, 0.2) is 23.4 Å². The highest BCUT2D eigenvalue weighted by atomic mass is 32.2. The van der Waals surface area contributed by atoms with Gasteiger partial charge in [0.25, 0.3) is 10.1 Å². The fourth-order valence-electron chi connectivity index (χ4n) is 1.72. The number of anilines is 1. The van der Waals surface area contributed by atoms with Gasteiger partial charge in [-0.25, -0.2) is 0 Å². The van der Waals surface area contributed by atoms with Gasteiger partial charge in [0.15, 0.2) is 0 Å². The fraction of sp³-hybridized carbons (Fsp3) is 0.455. The van der Waals surface area contributed by atoms with Crippen LogP contribution in [0.1, 0.15) is 13.3 Å². The minimum Gasteiger partial charge on any atom is -0.506 e. The summed E-state index contributed by atoms with van der Waals surface area (Å²) in [6, 6.07) is 4.25. The van der Waals surface area contributed by atoms with Crippen LogP contribution in [-0.4, -0.2) is 36.9 Å². The molecule has 1 aromatic rings. The van der Waals surface area contributed by atoms with Crippen LogP contribution in [0.5, 0.6) is 5.75 Å². The predicted octanol–water partition coefficient (Wildman–Crippen LogP) is 1.89. The Balaban J connectivity index is 2.77. The van der Waals surface area contributed by atoms with Gasteiger partial charge in [-0.05, 0) is 30.7 Å². The van der Waals surface area contributed by atoms with E-state index in [-0.39, 0.29) is 23.6 Å². The van der Waals surface area contributed by atoms with E-state index < -0.39 is 10.1 Å². The van der Waals surface area contributed by atoms with Crippen molar-refractivity contribution < 1.29 is 18.1 Å². The molecule has 0 amide bonds. The Labute approximate surface area is 111 Å². The zero-order valence-corrected chi connectivity index (χ0v) is 11.3. The average Bonchev–Trinajstić information content (AvgIpc) is 2.34. The molecule has 0 aliphatic rings. The Hall–Kier alpha value is -1.67. The van der Waals surface area contributed by atoms with E-state index in [0.29, 0.717) is 18.8 Å². The van der Waals surface area contributed by atoms with E-state index in [0.717, 1.165) is 0 Å². The molecule has 19 heavy (non-hydrogen) atoms. The first-order chi connectivity index (χ1) is 8.87. The molecule has 106 valence electrons. The van der Waals surface area contributed by atoms with Crippen molar-refractivity contribution in [2.75, 3.05) is 23.7 Å². The summed E-state index contributed by atoms with van der Waals surface area (Å²) < 4.78 is 29.9. The van der Waals surface area contributed by atoms with Crippen molar-refractivity contribution >= 4 is 21.5 Å². The van der Waals surface area contributed by atoms with Crippen molar-refractivity contribution in [3.05, 3.63) is 23.1 Å². The summed E-state index contributed by atoms with van der Waals surface area (Å²) >= 11 is 0. The number of hydrogen-bond donors (Lipinski definition) is 2. The van der Waals surface area contributed by atoms with Gasteiger partial charge in [-0.3, -0.25) is 4.55 Å². The van der Waals surface area contributed by atoms with Crippen molar-refractivity contribution in [2.24, 2.45) is 5.18 Å². The van der Waals surface area contributed by atoms with Crippen molar-refractivity contribution in [1.82, 2.24) is 0 Å². The number of nitroso groups, excluding NO2 is 1. The molecule has 0 aromatic heterocycles. The average molecular weight is 288 g/mol. The molecule has 2 N–H and O–H groups in total. The summed E-state index contributed by atoms with van der Waals surface area (Å²) in [5, 5.41) is 12.5. The zero-order chi connectivity index (χ0) is 14.5. The van der Waals surface area contributed by atoms with Gasteiger partial charge < -0.3 is 10.0 Å². The van der Waals surface area contributed by atoms with Crippen LogP contribution in [-0.2, 0) is 10.1 Å². The van der Waals surface area contributed by atoms with E-state index in [1.807, 2.05) is 6.92 Å². The first-order valence-corrected chi connectivity index (χ1v) is 7.34. The third kappa shape index (κ3) is 4.84. The highest BCUT2D eigenvalue weighted by molar-refractivity contribution is 7.85. The summed E-state index contributed by atoms with van der Waals surface area (Å²) in [6.45, 7) is 2.75. The zero-order valence-electron chi connectivity index (χ0n) is 10.5. The molecule has 0 aliphatic heterocycles. The summed E-state index contributed by atoms with van der Waals surface area (Å²) in [5.41, 5.74) is 0.612. The Bertz CT molecular complexity index is 544. The number of benzene rings is 1. The predicted molar refractivity (Wildman–Crippen MR) is 72.5 cm³/mol. The second-order valence-corrected chi connectivity index (χ2v) is 5.56. The van der Waals surface area contributed by atoms with Crippen LogP contribution < -0.4 is 4.90 Å². The molecule has 8 heteroatoms. The fourth-order valence-corrected chi connectivity index (χ4v) is 2.22. The third-order valence-corrected chi connectivity index (χ3v) is 3.42. The maximum atomic E-state index is 10.6. The summed E-state index contributed by atoms with van der Waals surface area (Å²) in [4.78, 5) is 12.1. The van der Waals surface area contributed by atoms with Crippen LogP contribution in [0.25, 0.3) is 0 Å². The minimum atomic E-state index is -3.98. The number of phenols is 1. The highest BCUT2D eigenvalue weighted by Crippen LogP contribution is 2.31. The second-order valence-electron chi connectivity index (χ2n) is 3.98. The maximum absolute atomic E-state index is 10.6. The van der Waals surface area contributed by atoms with Crippen LogP contribution in [0.2, 0.25) is 0 Å². The van der Waals surface area contributed by atoms with E-state index in [9.17, 15) is 18.4 Å². The Morgan fingerprint density at radius 3 is 2.53 bits per heavy atom. The monoisotopic (exact) mass is 288 g/mol. The number of aromatic hydroxyl groups is 1. The minimum absolute atomic E-state index is 0.0918. The number of nitrogens with zero attached hydrogens (tertiary/aromatic N) is 2. The van der Waals surface area contributed by atoms with Crippen LogP contribution in [0, 0.1) is 4.91 Å². The number of rotatable bonds is 7. The lowest BCUT2D eigenvalue weighted by Gasteiger charge is -2.23. The molecule has 0 atom stereocenters. The van der Waals surface area contributed by atoms with E-state index in [4.69, 9.17) is 4.55 Å². The van der Waals surface area contributed by atoms with Gasteiger partial charge in [0.2, 0.25) is 0 Å². The standard InChI is InChI=1S/C11H16N2O5S/c1-2-13(6-3-7-19(16,17)18)10-5-4-9(12-15)8-11(10)14/h4-5,8,14H,2-3,6-7H2,1H3,(H,16,17,18). The van der Waals surface area contributed by atoms with Gasteiger partial charge in [0.1, 0.15) is 11.4 Å². The molecule has 0 aliphatic carbocycles. The quantitative estimate of drug-likeness (QED) is 0.586. The Morgan fingerprint density at radius 2 is 2.05 bits per heavy atom. The largest absolute Gasteiger partial charge is 0.506 e. The first-order valence-electron chi connectivity index (χ1n) is 5.74. The van der Waals surface area contributed by atoms with Gasteiger partial charge in [-0.2, -0.15) is 8.42 Å². The van der Waals surface area contributed by atoms with Gasteiger partial charge in [0.05, 0.1) is 11.4 Å². The SMILES string of the molecule is CCN(CCCS(=O)(=O)O)c1ccc(N=O)cc1O. The van der Waals surface area contributed by atoms with Crippen LogP contribution >= 0.6 is 0 Å². The molecule has 0 saturated heterocycles. The molecule has 0 fully saturated rings. The summed E-state index contributed by atoms with van der Waals surface area (Å²) in [5.74, 6) is -0.427. The Morgan fingerprint density at radius 1 is 1.37 bits per heavy atom. The lowest BCUT2D eigenvalue weighted by Crippen LogP contribution is -2.25. The van der Waals surface area contributed by atoms with Crippen molar-refractivity contribution in [3.63, 3.8) is 0 Å². The van der Waals surface area contributed by atoms with E-state index in [2.05, 4.69) is 5.18 Å². The molecule has 0 spiro atoms. The van der Waals surface area contributed by atoms with Crippen molar-refractivity contribution in [2.45, 2.75) is 13.3 Å². The highest BCUT2D eigenvalue weighted by Gasteiger charge is 2.12. The van der Waals surface area contributed by atoms with E-state index in [1.165, 1.54) is 12.1 Å². The van der Waals surface area contributed by atoms with E-state index >= 15 is 0 Å². The topological polar surface area (TPSA) is 107 Å². The normalized spacial score (nSPS) is 11.3. The lowest BCUT2D eigenvalue weighted by atomic mass is 10.2. The smallest absolute Gasteiger partial charge is 0.264 e. The molecule has 0 unspecified atom stereocenters. The number of phenolic OH excluding ortho intramolecular Hbond substituents is 1. The van der Waals surface area contributed by atoms with Crippen LogP contribution in [0.4, 0.5) is 11.4 Å². The third-order valence-electron chi connectivity index (χ3n) is 2.62. The Kier molecular flexibility index (Phi) is 5.25. The van der Waals surface area contributed by atoms with E-state index in [1.54, 1.807) is 11.0 Å². The van der Waals surface area contributed by atoms with Gasteiger partial charge >= 0.3 is 0 Å². The van der Waals surface area contributed by atoms with Crippen LogP contribution in [0.3, 0.4) is 0 Å². The molecule has 0 bridgehead atoms.